The third-order valence-electron chi connectivity index (χ3n) is 21.2. The predicted molar refractivity (Wildman–Crippen MR) is 424 cm³/mol. The van der Waals surface area contributed by atoms with Crippen LogP contribution in [0.4, 0.5) is 0 Å². The number of hydrogen-bond donors (Lipinski definition) is 9. The summed E-state index contributed by atoms with van der Waals surface area (Å²) in [6, 6.07) is -0.941. The second-order valence-corrected chi connectivity index (χ2v) is 30.6. The zero-order valence-electron chi connectivity index (χ0n) is 65.9. The summed E-state index contributed by atoms with van der Waals surface area (Å²) >= 11 is 0. The largest absolute Gasteiger partial charge is 0.394 e. The van der Waals surface area contributed by atoms with Crippen molar-refractivity contribution >= 4 is 5.91 Å². The van der Waals surface area contributed by atoms with E-state index in [9.17, 15) is 45.6 Å². The van der Waals surface area contributed by atoms with Gasteiger partial charge in [0.15, 0.2) is 12.6 Å². The average Bonchev–Trinajstić information content (AvgIpc) is 0.790. The van der Waals surface area contributed by atoms with Crippen LogP contribution in [0.2, 0.25) is 0 Å². The standard InChI is InChI=1S/C88H163NO13/c1-3-5-7-9-11-13-15-17-19-21-23-25-27-29-31-33-35-37-38-40-42-44-46-48-50-52-54-56-58-60-62-64-66-68-70-72-80(93)89-76(75-99-87-85(98)83(96)86(79(74-91)101-87)102-88-84(97)82(95)81(94)78(73-90)100-88)77(92)71-69-67-65-63-61-59-57-55-53-51-49-47-45-43-41-39-36-34-32-30-28-26-24-22-20-18-16-14-12-10-8-6-4-2/h15,17,21,23,53,55,61,63,69,71,76-79,81-88,90-92,94-98H,3-14,16,18-20,22,24-52,54,56-60,62,64-68,70,72-75H2,1-2H3,(H,89,93)/b17-15-,23-21-,55-53+,63-61+,71-69+. The summed E-state index contributed by atoms with van der Waals surface area (Å²) in [5, 5.41) is 87.8. The number of carbonyl (C=O) groups excluding carboxylic acids is 1. The van der Waals surface area contributed by atoms with E-state index >= 15 is 0 Å². The molecule has 598 valence electrons. The number of nitrogens with one attached hydrogen (secondary N) is 1. The van der Waals surface area contributed by atoms with E-state index in [1.54, 1.807) is 6.08 Å². The highest BCUT2D eigenvalue weighted by molar-refractivity contribution is 5.76. The van der Waals surface area contributed by atoms with Crippen LogP contribution in [0.25, 0.3) is 0 Å². The van der Waals surface area contributed by atoms with Crippen LogP contribution in [0.3, 0.4) is 0 Å². The van der Waals surface area contributed by atoms with Gasteiger partial charge in [0.05, 0.1) is 32.0 Å². The molecular weight excluding hydrogens is 1280 g/mol. The molecule has 0 aromatic carbocycles. The Kier molecular flexibility index (Phi) is 67.2. The zero-order valence-corrected chi connectivity index (χ0v) is 65.9. The van der Waals surface area contributed by atoms with Crippen molar-refractivity contribution < 1.29 is 64.6 Å². The summed E-state index contributed by atoms with van der Waals surface area (Å²) in [4.78, 5) is 13.4. The van der Waals surface area contributed by atoms with Crippen molar-refractivity contribution in [2.24, 2.45) is 0 Å². The number of hydrogen-bond acceptors (Lipinski definition) is 13. The lowest BCUT2D eigenvalue weighted by atomic mass is 9.97. The monoisotopic (exact) mass is 1440 g/mol. The first-order chi connectivity index (χ1) is 50.1. The molecule has 14 heteroatoms. The summed E-state index contributed by atoms with van der Waals surface area (Å²) in [5.74, 6) is -0.246. The predicted octanol–water partition coefficient (Wildman–Crippen LogP) is 20.7. The molecule has 12 unspecified atom stereocenters. The van der Waals surface area contributed by atoms with E-state index in [0.29, 0.717) is 12.8 Å². The zero-order chi connectivity index (χ0) is 73.7. The summed E-state index contributed by atoms with van der Waals surface area (Å²) in [6.07, 6.45) is 81.9. The van der Waals surface area contributed by atoms with E-state index in [0.717, 1.165) is 51.4 Å². The molecular formula is C88H163NO13. The Morgan fingerprint density at radius 1 is 0.353 bits per heavy atom. The molecule has 0 bridgehead atoms. The molecule has 2 aliphatic rings. The molecule has 0 aromatic rings. The SMILES string of the molecule is CCCCCCC/C=C\C/C=C\CCCCCCCCCCCCCCCCCCCCCCCCCC(=O)NC(COC1OC(CO)C(OC2OC(CO)C(O)C(O)C2O)C(O)C1O)C(O)/C=C/CC/C=C/CC/C=C/CCCCCCCCCCCCCCCCCCCCCCCCC. The molecule has 2 aliphatic heterocycles. The maximum absolute atomic E-state index is 13.4. The molecule has 0 radical (unpaired) electrons. The second kappa shape index (κ2) is 71.6. The lowest BCUT2D eigenvalue weighted by Crippen LogP contribution is -2.65. The van der Waals surface area contributed by atoms with Crippen LogP contribution < -0.4 is 5.32 Å². The fraction of sp³-hybridized carbons (Fsp3) is 0.875. The molecule has 12 atom stereocenters. The Hall–Kier alpha value is -2.31. The van der Waals surface area contributed by atoms with Crippen LogP contribution >= 0.6 is 0 Å². The Balaban J connectivity index is 1.60. The minimum atomic E-state index is -1.80. The van der Waals surface area contributed by atoms with Crippen molar-refractivity contribution in [3.63, 3.8) is 0 Å². The van der Waals surface area contributed by atoms with Gasteiger partial charge in [-0.25, -0.2) is 0 Å². The van der Waals surface area contributed by atoms with E-state index < -0.39 is 86.8 Å². The van der Waals surface area contributed by atoms with Gasteiger partial charge < -0.3 is 65.1 Å². The number of allylic oxidation sites excluding steroid dienone is 9. The second-order valence-electron chi connectivity index (χ2n) is 30.6. The van der Waals surface area contributed by atoms with Crippen molar-refractivity contribution in [3.8, 4) is 0 Å². The van der Waals surface area contributed by atoms with Crippen LogP contribution in [0.15, 0.2) is 60.8 Å². The van der Waals surface area contributed by atoms with Crippen LogP contribution in [-0.2, 0) is 23.7 Å². The molecule has 0 spiro atoms. The van der Waals surface area contributed by atoms with Crippen LogP contribution in [-0.4, -0.2) is 140 Å². The van der Waals surface area contributed by atoms with Gasteiger partial charge in [0, 0.05) is 6.42 Å². The fourth-order valence-electron chi connectivity index (χ4n) is 14.3. The molecule has 2 heterocycles. The lowest BCUT2D eigenvalue weighted by molar-refractivity contribution is -0.359. The molecule has 2 fully saturated rings. The molecule has 0 saturated carbocycles. The molecule has 14 nitrogen and oxygen atoms in total. The van der Waals surface area contributed by atoms with Crippen molar-refractivity contribution in [2.75, 3.05) is 19.8 Å². The van der Waals surface area contributed by atoms with Gasteiger partial charge in [-0.05, 0) is 77.0 Å². The third kappa shape index (κ3) is 53.5. The smallest absolute Gasteiger partial charge is 0.220 e. The highest BCUT2D eigenvalue weighted by Gasteiger charge is 2.51. The number of carbonyl (C=O) groups is 1. The lowest BCUT2D eigenvalue weighted by Gasteiger charge is -2.46. The quantitative estimate of drug-likeness (QED) is 0.0204. The normalized spacial score (nSPS) is 21.9. The minimum absolute atomic E-state index is 0.246. The van der Waals surface area contributed by atoms with E-state index in [-0.39, 0.29) is 18.9 Å². The number of aliphatic hydroxyl groups is 8. The summed E-state index contributed by atoms with van der Waals surface area (Å²) < 4.78 is 22.9. The number of amides is 1. The van der Waals surface area contributed by atoms with Gasteiger partial charge in [-0.15, -0.1) is 0 Å². The molecule has 0 aromatic heterocycles. The highest BCUT2D eigenvalue weighted by Crippen LogP contribution is 2.30. The number of ether oxygens (including phenoxy) is 4. The van der Waals surface area contributed by atoms with E-state index in [4.69, 9.17) is 18.9 Å². The summed E-state index contributed by atoms with van der Waals surface area (Å²) in [6.45, 7) is 2.83. The Morgan fingerprint density at radius 2 is 0.657 bits per heavy atom. The number of unbranched alkanes of at least 4 members (excludes halogenated alkanes) is 53. The molecule has 0 aliphatic carbocycles. The Morgan fingerprint density at radius 3 is 1.02 bits per heavy atom. The number of rotatable bonds is 74. The van der Waals surface area contributed by atoms with Gasteiger partial charge in [0.2, 0.25) is 5.91 Å². The minimum Gasteiger partial charge on any atom is -0.394 e. The van der Waals surface area contributed by atoms with Crippen LogP contribution in [0.5, 0.6) is 0 Å². The topological polar surface area (TPSA) is 228 Å². The van der Waals surface area contributed by atoms with Gasteiger partial charge in [-0.2, -0.15) is 0 Å². The maximum Gasteiger partial charge on any atom is 0.220 e. The molecule has 1 amide bonds. The van der Waals surface area contributed by atoms with Crippen molar-refractivity contribution in [3.05, 3.63) is 60.8 Å². The van der Waals surface area contributed by atoms with Gasteiger partial charge in [0.25, 0.3) is 0 Å². The average molecular weight is 1440 g/mol. The van der Waals surface area contributed by atoms with E-state index in [1.807, 2.05) is 6.08 Å². The first-order valence-electron chi connectivity index (χ1n) is 43.5. The van der Waals surface area contributed by atoms with Crippen LogP contribution in [0.1, 0.15) is 399 Å². The van der Waals surface area contributed by atoms with E-state index in [2.05, 4.69) is 67.8 Å². The first kappa shape index (κ1) is 95.8. The summed E-state index contributed by atoms with van der Waals surface area (Å²) in [5.41, 5.74) is 0. The van der Waals surface area contributed by atoms with Crippen LogP contribution in [0, 0.1) is 0 Å². The van der Waals surface area contributed by atoms with Crippen molar-refractivity contribution in [1.29, 1.82) is 0 Å². The molecule has 2 saturated heterocycles. The Labute approximate surface area is 626 Å². The first-order valence-corrected chi connectivity index (χ1v) is 43.5. The molecule has 102 heavy (non-hydrogen) atoms. The van der Waals surface area contributed by atoms with Gasteiger partial charge in [-0.3, -0.25) is 4.79 Å². The molecule has 9 N–H and O–H groups in total. The van der Waals surface area contributed by atoms with Gasteiger partial charge in [0.1, 0.15) is 48.8 Å². The third-order valence-corrected chi connectivity index (χ3v) is 21.2. The maximum atomic E-state index is 13.4. The highest BCUT2D eigenvalue weighted by atomic mass is 16.7. The fourth-order valence-corrected chi connectivity index (χ4v) is 14.3. The van der Waals surface area contributed by atoms with Gasteiger partial charge >= 0.3 is 0 Å². The summed E-state index contributed by atoms with van der Waals surface area (Å²) in [7, 11) is 0. The van der Waals surface area contributed by atoms with Crippen molar-refractivity contribution in [1.82, 2.24) is 5.32 Å². The van der Waals surface area contributed by atoms with E-state index in [1.165, 1.54) is 315 Å². The number of aliphatic hydroxyl groups excluding tert-OH is 8. The van der Waals surface area contributed by atoms with Gasteiger partial charge in [-0.1, -0.05) is 376 Å². The van der Waals surface area contributed by atoms with Crippen molar-refractivity contribution in [2.45, 2.75) is 473 Å². The molecule has 2 rings (SSSR count). The Bertz CT molecular complexity index is 1950.